The molecule has 0 bridgehead atoms. The fourth-order valence-corrected chi connectivity index (χ4v) is 1.38. The fraction of sp³-hybridized carbons (Fsp3) is 0.222. The van der Waals surface area contributed by atoms with Crippen LogP contribution in [0.25, 0.3) is 0 Å². The van der Waals surface area contributed by atoms with Crippen molar-refractivity contribution in [3.63, 3.8) is 0 Å². The third-order valence-corrected chi connectivity index (χ3v) is 2.35. The number of hydrazone groups is 1. The highest BCUT2D eigenvalue weighted by molar-refractivity contribution is 6.33. The van der Waals surface area contributed by atoms with Crippen molar-refractivity contribution < 1.29 is 18.0 Å². The standard InChI is InChI=1S/C9H10ClF3N6O/c1-19(15)8(18-14)17-7(20)4-2-3-5(9(11,12)13)16-6(4)10/h2-3H,14-15H2,1H3,(H,17,18,20). The number of carbonyl (C=O) groups is 1. The Balaban J connectivity index is 3.01. The van der Waals surface area contributed by atoms with Gasteiger partial charge in [0.05, 0.1) is 5.56 Å². The first-order chi connectivity index (χ1) is 9.16. The molecule has 20 heavy (non-hydrogen) atoms. The van der Waals surface area contributed by atoms with Gasteiger partial charge < -0.3 is 5.84 Å². The maximum absolute atomic E-state index is 12.4. The molecule has 0 aromatic carbocycles. The molecule has 0 fully saturated rings. The lowest BCUT2D eigenvalue weighted by molar-refractivity contribution is -0.141. The van der Waals surface area contributed by atoms with Crippen LogP contribution in [-0.4, -0.2) is 28.9 Å². The number of hydrogen-bond donors (Lipinski definition) is 3. The summed E-state index contributed by atoms with van der Waals surface area (Å²) in [6.45, 7) is 0. The Bertz CT molecular complexity index is 545. The third-order valence-electron chi connectivity index (χ3n) is 2.07. The van der Waals surface area contributed by atoms with E-state index in [0.717, 1.165) is 11.1 Å². The Morgan fingerprint density at radius 3 is 2.50 bits per heavy atom. The van der Waals surface area contributed by atoms with Crippen LogP contribution in [0.15, 0.2) is 17.2 Å². The number of pyridine rings is 1. The molecule has 0 aliphatic heterocycles. The smallest absolute Gasteiger partial charge is 0.320 e. The molecule has 0 radical (unpaired) electrons. The third kappa shape index (κ3) is 3.71. The van der Waals surface area contributed by atoms with Crippen molar-refractivity contribution in [2.45, 2.75) is 6.18 Å². The van der Waals surface area contributed by atoms with Crippen LogP contribution < -0.4 is 17.0 Å². The summed E-state index contributed by atoms with van der Waals surface area (Å²) in [5, 5.41) is 5.65. The van der Waals surface area contributed by atoms with Gasteiger partial charge in [0.1, 0.15) is 10.8 Å². The molecule has 1 aromatic heterocycles. The Hall–Kier alpha value is -2.07. The number of amides is 1. The van der Waals surface area contributed by atoms with E-state index >= 15 is 0 Å². The van der Waals surface area contributed by atoms with Crippen molar-refractivity contribution in [3.8, 4) is 0 Å². The van der Waals surface area contributed by atoms with Crippen molar-refractivity contribution in [3.05, 3.63) is 28.5 Å². The van der Waals surface area contributed by atoms with Crippen LogP contribution in [0.2, 0.25) is 5.15 Å². The van der Waals surface area contributed by atoms with Crippen molar-refractivity contribution >= 4 is 23.5 Å². The summed E-state index contributed by atoms with van der Waals surface area (Å²) >= 11 is 5.55. The average Bonchev–Trinajstić information content (AvgIpc) is 2.33. The van der Waals surface area contributed by atoms with E-state index in [2.05, 4.69) is 15.4 Å². The van der Waals surface area contributed by atoms with Gasteiger partial charge in [0.25, 0.3) is 5.91 Å². The van der Waals surface area contributed by atoms with E-state index in [1.54, 1.807) is 0 Å². The molecule has 11 heteroatoms. The van der Waals surface area contributed by atoms with Gasteiger partial charge in [-0.05, 0) is 12.1 Å². The van der Waals surface area contributed by atoms with Crippen LogP contribution in [0.4, 0.5) is 13.2 Å². The SMILES string of the molecule is CN(N)/C(=N\N)NC(=O)c1ccc(C(F)(F)F)nc1Cl. The van der Waals surface area contributed by atoms with Gasteiger partial charge in [-0.25, -0.2) is 10.8 Å². The highest BCUT2D eigenvalue weighted by atomic mass is 35.5. The van der Waals surface area contributed by atoms with E-state index in [1.165, 1.54) is 7.05 Å². The number of nitrogens with one attached hydrogen (secondary N) is 1. The number of hydrazine groups is 1. The maximum atomic E-state index is 12.4. The van der Waals surface area contributed by atoms with E-state index in [1.807, 2.05) is 0 Å². The topological polar surface area (TPSA) is 110 Å². The number of guanidine groups is 1. The number of aromatic nitrogens is 1. The zero-order valence-corrected chi connectivity index (χ0v) is 10.8. The number of hydrogen-bond acceptors (Lipinski definition) is 5. The van der Waals surface area contributed by atoms with E-state index in [-0.39, 0.29) is 11.5 Å². The van der Waals surface area contributed by atoms with Crippen molar-refractivity contribution in [1.29, 1.82) is 0 Å². The number of carbonyl (C=O) groups excluding carboxylic acids is 1. The minimum atomic E-state index is -4.65. The molecule has 1 amide bonds. The number of nitrogens with zero attached hydrogens (tertiary/aromatic N) is 3. The molecule has 110 valence electrons. The molecule has 1 rings (SSSR count). The largest absolute Gasteiger partial charge is 0.433 e. The highest BCUT2D eigenvalue weighted by Crippen LogP contribution is 2.29. The molecule has 1 aromatic rings. The molecule has 0 atom stereocenters. The number of alkyl halides is 3. The Labute approximate surface area is 116 Å². The summed E-state index contributed by atoms with van der Waals surface area (Å²) < 4.78 is 37.2. The Morgan fingerprint density at radius 2 is 2.10 bits per heavy atom. The molecule has 1 heterocycles. The highest BCUT2D eigenvalue weighted by Gasteiger charge is 2.33. The lowest BCUT2D eigenvalue weighted by atomic mass is 10.2. The van der Waals surface area contributed by atoms with Gasteiger partial charge in [0, 0.05) is 7.05 Å². The summed E-state index contributed by atoms with van der Waals surface area (Å²) in [7, 11) is 1.35. The van der Waals surface area contributed by atoms with E-state index in [0.29, 0.717) is 6.07 Å². The van der Waals surface area contributed by atoms with E-state index in [4.69, 9.17) is 23.3 Å². The first kappa shape index (κ1) is 16.0. The number of nitrogens with two attached hydrogens (primary N) is 2. The Morgan fingerprint density at radius 1 is 1.50 bits per heavy atom. The Kier molecular flexibility index (Phi) is 4.73. The fourth-order valence-electron chi connectivity index (χ4n) is 1.14. The van der Waals surface area contributed by atoms with E-state index < -0.39 is 22.9 Å². The number of halogens is 4. The van der Waals surface area contributed by atoms with Crippen LogP contribution in [-0.2, 0) is 6.18 Å². The lowest BCUT2D eigenvalue weighted by Gasteiger charge is -2.15. The van der Waals surface area contributed by atoms with Gasteiger partial charge >= 0.3 is 6.18 Å². The minimum absolute atomic E-state index is 0.203. The molecule has 0 saturated heterocycles. The van der Waals surface area contributed by atoms with Gasteiger partial charge in [-0.15, -0.1) is 5.10 Å². The first-order valence-corrected chi connectivity index (χ1v) is 5.36. The summed E-state index contributed by atoms with van der Waals surface area (Å²) in [6, 6.07) is 1.52. The second-order valence-corrected chi connectivity index (χ2v) is 3.91. The van der Waals surface area contributed by atoms with Gasteiger partial charge in [-0.1, -0.05) is 11.6 Å². The van der Waals surface area contributed by atoms with Gasteiger partial charge in [-0.3, -0.25) is 15.1 Å². The molecule has 0 unspecified atom stereocenters. The van der Waals surface area contributed by atoms with Gasteiger partial charge in [-0.2, -0.15) is 13.2 Å². The van der Waals surface area contributed by atoms with E-state index in [9.17, 15) is 18.0 Å². The van der Waals surface area contributed by atoms with Gasteiger partial charge in [0.2, 0.25) is 5.96 Å². The molecule has 5 N–H and O–H groups in total. The summed E-state index contributed by atoms with van der Waals surface area (Å²) in [5.41, 5.74) is -1.48. The second-order valence-electron chi connectivity index (χ2n) is 3.55. The van der Waals surface area contributed by atoms with Crippen LogP contribution >= 0.6 is 11.6 Å². The van der Waals surface area contributed by atoms with Gasteiger partial charge in [0.15, 0.2) is 0 Å². The quantitative estimate of drug-likeness (QED) is 0.230. The second kappa shape index (κ2) is 5.92. The molecule has 0 spiro atoms. The maximum Gasteiger partial charge on any atom is 0.433 e. The zero-order chi connectivity index (χ0) is 15.5. The molecular formula is C9H10ClF3N6O. The summed E-state index contributed by atoms with van der Waals surface area (Å²) in [5.74, 6) is 9.22. The van der Waals surface area contributed by atoms with Crippen molar-refractivity contribution in [2.24, 2.45) is 16.8 Å². The number of rotatable bonds is 1. The molecular weight excluding hydrogens is 301 g/mol. The summed E-state index contributed by atoms with van der Waals surface area (Å²) in [4.78, 5) is 14.9. The zero-order valence-electron chi connectivity index (χ0n) is 10.1. The van der Waals surface area contributed by atoms with Crippen LogP contribution in [0, 0.1) is 0 Å². The van der Waals surface area contributed by atoms with Crippen LogP contribution in [0.1, 0.15) is 16.1 Å². The minimum Gasteiger partial charge on any atom is -0.320 e. The molecule has 0 aliphatic rings. The lowest BCUT2D eigenvalue weighted by Crippen LogP contribution is -2.46. The average molecular weight is 311 g/mol. The predicted octanol–water partition coefficient (Wildman–Crippen LogP) is 0.519. The molecule has 7 nitrogen and oxygen atoms in total. The molecule has 0 saturated carbocycles. The normalized spacial score (nSPS) is 12.2. The van der Waals surface area contributed by atoms with Crippen LogP contribution in [0.5, 0.6) is 0 Å². The van der Waals surface area contributed by atoms with Crippen molar-refractivity contribution in [1.82, 2.24) is 15.3 Å². The molecule has 0 aliphatic carbocycles. The van der Waals surface area contributed by atoms with Crippen LogP contribution in [0.3, 0.4) is 0 Å². The monoisotopic (exact) mass is 310 g/mol. The van der Waals surface area contributed by atoms with Crippen molar-refractivity contribution in [2.75, 3.05) is 7.05 Å². The first-order valence-electron chi connectivity index (χ1n) is 4.98. The summed E-state index contributed by atoms with van der Waals surface area (Å²) in [6.07, 6.45) is -4.65. The predicted molar refractivity (Wildman–Crippen MR) is 65.3 cm³/mol.